The standard InChI is InChI=1S/C24H29N3O7/c1-9-10-7-6-8-11(28)13(10)18(29)14-12(9)20(34-5)16-17(27(3)4)19(30)15(23(25)33)22(32)24(16,26-2)21(14)31/h6-9,12,16-17,20,26,28-29,32H,1-5H3,(H2,25,33)/t9-,12?,16-,17-,20+,24-/m0/s1. The molecule has 1 amide bonds. The Hall–Kier alpha value is -3.21. The number of likely N-dealkylation sites (N-methyl/N-ethyl adjacent to an activating group) is 2. The van der Waals surface area contributed by atoms with Crippen LogP contribution in [0.25, 0.3) is 5.76 Å². The molecule has 3 aliphatic carbocycles. The van der Waals surface area contributed by atoms with Gasteiger partial charge in [0.05, 0.1) is 17.7 Å². The quantitative estimate of drug-likeness (QED) is 0.391. The van der Waals surface area contributed by atoms with Crippen molar-refractivity contribution in [1.29, 1.82) is 0 Å². The van der Waals surface area contributed by atoms with Crippen LogP contribution in [0.2, 0.25) is 0 Å². The molecule has 1 fully saturated rings. The van der Waals surface area contributed by atoms with E-state index in [9.17, 15) is 29.7 Å². The number of hydrogen-bond donors (Lipinski definition) is 5. The van der Waals surface area contributed by atoms with E-state index < -0.39 is 70.0 Å². The molecule has 0 heterocycles. The highest BCUT2D eigenvalue weighted by Gasteiger charge is 2.68. The number of aromatic hydroxyl groups is 1. The number of nitrogens with zero attached hydrogens (tertiary/aromatic N) is 1. The van der Waals surface area contributed by atoms with Crippen molar-refractivity contribution < 1.29 is 34.4 Å². The predicted molar refractivity (Wildman–Crippen MR) is 122 cm³/mol. The van der Waals surface area contributed by atoms with Gasteiger partial charge in [-0.15, -0.1) is 0 Å². The predicted octanol–water partition coefficient (Wildman–Crippen LogP) is 0.377. The summed E-state index contributed by atoms with van der Waals surface area (Å²) >= 11 is 0. The molecule has 10 nitrogen and oxygen atoms in total. The Balaban J connectivity index is 2.13. The molecular formula is C24H29N3O7. The molecule has 0 aromatic heterocycles. The van der Waals surface area contributed by atoms with Crippen molar-refractivity contribution >= 4 is 23.2 Å². The number of carbonyl (C=O) groups excluding carboxylic acids is 3. The number of methoxy groups -OCH3 is 1. The van der Waals surface area contributed by atoms with Crippen LogP contribution in [-0.2, 0) is 19.1 Å². The van der Waals surface area contributed by atoms with Crippen molar-refractivity contribution in [2.75, 3.05) is 28.3 Å². The van der Waals surface area contributed by atoms with Gasteiger partial charge in [-0.05, 0) is 38.7 Å². The molecule has 6 N–H and O–H groups in total. The smallest absolute Gasteiger partial charge is 0.255 e. The van der Waals surface area contributed by atoms with E-state index in [0.717, 1.165) is 0 Å². The number of aliphatic hydroxyl groups is 2. The lowest BCUT2D eigenvalue weighted by Crippen LogP contribution is -2.74. The number of carbonyl (C=O) groups is 3. The van der Waals surface area contributed by atoms with Crippen LogP contribution >= 0.6 is 0 Å². The normalized spacial score (nSPS) is 33.1. The first-order chi connectivity index (χ1) is 16.0. The first-order valence-electron chi connectivity index (χ1n) is 10.9. The number of ketones is 2. The molecule has 34 heavy (non-hydrogen) atoms. The van der Waals surface area contributed by atoms with Crippen molar-refractivity contribution in [3.8, 4) is 5.75 Å². The first-order valence-corrected chi connectivity index (χ1v) is 10.9. The van der Waals surface area contributed by atoms with Crippen LogP contribution in [0.5, 0.6) is 5.75 Å². The van der Waals surface area contributed by atoms with Crippen LogP contribution in [0, 0.1) is 11.8 Å². The number of phenolic OH excluding ortho intramolecular Hbond substituents is 1. The second-order valence-corrected chi connectivity index (χ2v) is 9.29. The highest BCUT2D eigenvalue weighted by molar-refractivity contribution is 6.25. The first kappa shape index (κ1) is 23.9. The van der Waals surface area contributed by atoms with Crippen LogP contribution in [0.4, 0.5) is 0 Å². The van der Waals surface area contributed by atoms with E-state index >= 15 is 0 Å². The second kappa shape index (κ2) is 7.93. The Morgan fingerprint density at radius 3 is 2.38 bits per heavy atom. The van der Waals surface area contributed by atoms with E-state index in [1.54, 1.807) is 31.1 Å². The molecule has 6 atom stereocenters. The molecule has 1 aromatic rings. The summed E-state index contributed by atoms with van der Waals surface area (Å²) in [4.78, 5) is 41.5. The Kier molecular flexibility index (Phi) is 5.58. The number of hydrogen-bond acceptors (Lipinski definition) is 9. The molecule has 1 aromatic carbocycles. The Labute approximate surface area is 196 Å². The molecule has 0 aliphatic heterocycles. The maximum atomic E-state index is 14.2. The fraction of sp³-hybridized carbons (Fsp3) is 0.458. The summed E-state index contributed by atoms with van der Waals surface area (Å²) in [6.07, 6.45) is -0.847. The van der Waals surface area contributed by atoms with Gasteiger partial charge in [0.2, 0.25) is 0 Å². The van der Waals surface area contributed by atoms with Crippen molar-refractivity contribution in [3.63, 3.8) is 0 Å². The third-order valence-electron chi connectivity index (χ3n) is 7.67. The van der Waals surface area contributed by atoms with Gasteiger partial charge in [-0.3, -0.25) is 19.3 Å². The van der Waals surface area contributed by atoms with Gasteiger partial charge in [0.25, 0.3) is 5.91 Å². The molecule has 10 heteroatoms. The molecular weight excluding hydrogens is 442 g/mol. The van der Waals surface area contributed by atoms with Crippen molar-refractivity contribution in [2.45, 2.75) is 30.5 Å². The SMILES string of the molecule is CN[C@]12C(=O)C3=C(O)c4c(O)cccc4[C@H](C)C3[C@@H](OC)[C@@H]1[C@H](N(C)C)C(=O)C(C(N)=O)=C2O. The van der Waals surface area contributed by atoms with Gasteiger partial charge in [0.15, 0.2) is 11.6 Å². The average Bonchev–Trinajstić information content (AvgIpc) is 2.76. The number of phenols is 1. The highest BCUT2D eigenvalue weighted by atomic mass is 16.5. The minimum Gasteiger partial charge on any atom is -0.509 e. The Bertz CT molecular complexity index is 1170. The van der Waals surface area contributed by atoms with Crippen LogP contribution in [-0.4, -0.2) is 83.6 Å². The highest BCUT2D eigenvalue weighted by Crippen LogP contribution is 2.56. The number of ether oxygens (including phenoxy) is 1. The third-order valence-corrected chi connectivity index (χ3v) is 7.67. The number of rotatable bonds is 4. The number of benzene rings is 1. The summed E-state index contributed by atoms with van der Waals surface area (Å²) in [6, 6.07) is 3.76. The lowest BCUT2D eigenvalue weighted by atomic mass is 9.53. The molecule has 1 saturated carbocycles. The van der Waals surface area contributed by atoms with E-state index in [1.807, 2.05) is 6.92 Å². The van der Waals surface area contributed by atoms with E-state index in [4.69, 9.17) is 10.5 Å². The van der Waals surface area contributed by atoms with Crippen molar-refractivity contribution in [2.24, 2.45) is 17.6 Å². The summed E-state index contributed by atoms with van der Waals surface area (Å²) in [5, 5.41) is 35.9. The monoisotopic (exact) mass is 471 g/mol. The second-order valence-electron chi connectivity index (χ2n) is 9.29. The summed E-state index contributed by atoms with van der Waals surface area (Å²) in [5.74, 6) is -6.06. The number of Topliss-reactive ketones (excluding diaryl/α,β-unsaturated/α-hetero) is 2. The van der Waals surface area contributed by atoms with Gasteiger partial charge >= 0.3 is 0 Å². The number of aliphatic hydroxyl groups excluding tert-OH is 2. The summed E-state index contributed by atoms with van der Waals surface area (Å²) in [7, 11) is 6.11. The number of nitrogens with one attached hydrogen (secondary N) is 1. The van der Waals surface area contributed by atoms with E-state index in [-0.39, 0.29) is 16.9 Å². The fourth-order valence-corrected chi connectivity index (χ4v) is 6.26. The topological polar surface area (TPSA) is 162 Å². The lowest BCUT2D eigenvalue weighted by molar-refractivity contribution is -0.147. The van der Waals surface area contributed by atoms with Crippen molar-refractivity contribution in [3.05, 3.63) is 46.2 Å². The van der Waals surface area contributed by atoms with E-state index in [1.165, 1.54) is 20.2 Å². The fourth-order valence-electron chi connectivity index (χ4n) is 6.26. The van der Waals surface area contributed by atoms with E-state index in [0.29, 0.717) is 5.56 Å². The molecule has 0 bridgehead atoms. The third kappa shape index (κ3) is 2.76. The van der Waals surface area contributed by atoms with Crippen LogP contribution in [0.15, 0.2) is 35.1 Å². The van der Waals surface area contributed by atoms with Gasteiger partial charge in [0.1, 0.15) is 28.4 Å². The molecule has 0 saturated heterocycles. The van der Waals surface area contributed by atoms with Crippen LogP contribution in [0.1, 0.15) is 24.0 Å². The van der Waals surface area contributed by atoms with Crippen LogP contribution < -0.4 is 11.1 Å². The zero-order chi connectivity index (χ0) is 25.3. The maximum Gasteiger partial charge on any atom is 0.255 e. The zero-order valence-electron chi connectivity index (χ0n) is 19.6. The van der Waals surface area contributed by atoms with Gasteiger partial charge in [0, 0.05) is 24.5 Å². The molecule has 0 spiro atoms. The van der Waals surface area contributed by atoms with Crippen molar-refractivity contribution in [1.82, 2.24) is 10.2 Å². The molecule has 182 valence electrons. The van der Waals surface area contributed by atoms with Gasteiger partial charge < -0.3 is 31.1 Å². The maximum absolute atomic E-state index is 14.2. The van der Waals surface area contributed by atoms with Crippen LogP contribution in [0.3, 0.4) is 0 Å². The Morgan fingerprint density at radius 1 is 1.21 bits per heavy atom. The summed E-state index contributed by atoms with van der Waals surface area (Å²) in [5.41, 5.74) is 3.51. The minimum atomic E-state index is -1.98. The summed E-state index contributed by atoms with van der Waals surface area (Å²) in [6.45, 7) is 1.85. The number of nitrogens with two attached hydrogens (primary N) is 1. The number of primary amides is 1. The lowest BCUT2D eigenvalue weighted by Gasteiger charge is -2.56. The van der Waals surface area contributed by atoms with Gasteiger partial charge in [-0.1, -0.05) is 19.1 Å². The molecule has 4 rings (SSSR count). The number of fused-ring (bicyclic) bond motifs is 3. The molecule has 0 radical (unpaired) electrons. The van der Waals surface area contributed by atoms with E-state index in [2.05, 4.69) is 5.32 Å². The largest absolute Gasteiger partial charge is 0.509 e. The Morgan fingerprint density at radius 2 is 1.85 bits per heavy atom. The minimum absolute atomic E-state index is 0.0545. The summed E-state index contributed by atoms with van der Waals surface area (Å²) < 4.78 is 5.91. The number of amides is 1. The van der Waals surface area contributed by atoms with Gasteiger partial charge in [-0.25, -0.2) is 0 Å². The molecule has 3 aliphatic rings. The van der Waals surface area contributed by atoms with Gasteiger partial charge in [-0.2, -0.15) is 0 Å². The average molecular weight is 472 g/mol. The molecule has 1 unspecified atom stereocenters. The zero-order valence-corrected chi connectivity index (χ0v) is 19.6.